The Kier molecular flexibility index (Phi) is 4.24. The van der Waals surface area contributed by atoms with Crippen LogP contribution in [0.25, 0.3) is 0 Å². The fourth-order valence-corrected chi connectivity index (χ4v) is 2.35. The number of hydrogen-bond donors (Lipinski definition) is 1. The lowest BCUT2D eigenvalue weighted by molar-refractivity contribution is 0.318. The van der Waals surface area contributed by atoms with E-state index in [0.717, 1.165) is 30.4 Å². The predicted molar refractivity (Wildman–Crippen MR) is 72.4 cm³/mol. The van der Waals surface area contributed by atoms with E-state index >= 15 is 0 Å². The number of halogens is 1. The zero-order chi connectivity index (χ0) is 12.3. The van der Waals surface area contributed by atoms with Gasteiger partial charge in [-0.05, 0) is 37.3 Å². The van der Waals surface area contributed by atoms with E-state index < -0.39 is 0 Å². The van der Waals surface area contributed by atoms with E-state index in [-0.39, 0.29) is 0 Å². The van der Waals surface area contributed by atoms with E-state index in [0.29, 0.717) is 11.6 Å². The molecule has 0 amide bonds. The van der Waals surface area contributed by atoms with Crippen molar-refractivity contribution in [1.82, 2.24) is 4.98 Å². The van der Waals surface area contributed by atoms with E-state index in [1.807, 2.05) is 6.07 Å². The highest BCUT2D eigenvalue weighted by atomic mass is 35.5. The lowest BCUT2D eigenvalue weighted by Crippen LogP contribution is -2.33. The number of rotatable bonds is 5. The molecule has 0 bridgehead atoms. The molecule has 2 rings (SSSR count). The summed E-state index contributed by atoms with van der Waals surface area (Å²) in [5, 5.41) is 0.663. The summed E-state index contributed by atoms with van der Waals surface area (Å²) in [5.74, 6) is 1.85. The standard InChI is InChI=1S/C13H20ClN3/c1-2-17(9-10-4-3-5-10)13-6-11(7-15)12(14)8-16-13/h6,8,10H,2-5,7,9,15H2,1H3. The summed E-state index contributed by atoms with van der Waals surface area (Å²) in [6.45, 7) is 4.72. The fourth-order valence-electron chi connectivity index (χ4n) is 2.17. The number of anilines is 1. The van der Waals surface area contributed by atoms with Crippen molar-refractivity contribution in [3.05, 3.63) is 22.8 Å². The second kappa shape index (κ2) is 5.69. The molecule has 0 spiro atoms. The highest BCUT2D eigenvalue weighted by Crippen LogP contribution is 2.29. The number of nitrogens with two attached hydrogens (primary N) is 1. The van der Waals surface area contributed by atoms with Crippen molar-refractivity contribution in [2.75, 3.05) is 18.0 Å². The monoisotopic (exact) mass is 253 g/mol. The Hall–Kier alpha value is -0.800. The van der Waals surface area contributed by atoms with Crippen LogP contribution in [0.1, 0.15) is 31.7 Å². The summed E-state index contributed by atoms with van der Waals surface area (Å²) < 4.78 is 0. The van der Waals surface area contributed by atoms with E-state index in [1.54, 1.807) is 6.20 Å². The van der Waals surface area contributed by atoms with Gasteiger partial charge in [-0.15, -0.1) is 0 Å². The van der Waals surface area contributed by atoms with Crippen LogP contribution in [-0.2, 0) is 6.54 Å². The van der Waals surface area contributed by atoms with Crippen molar-refractivity contribution in [2.24, 2.45) is 11.7 Å². The summed E-state index contributed by atoms with van der Waals surface area (Å²) >= 11 is 6.03. The van der Waals surface area contributed by atoms with Crippen molar-refractivity contribution in [2.45, 2.75) is 32.7 Å². The highest BCUT2D eigenvalue weighted by Gasteiger charge is 2.21. The molecule has 1 aliphatic rings. The first-order chi connectivity index (χ1) is 8.24. The summed E-state index contributed by atoms with van der Waals surface area (Å²) in [5.41, 5.74) is 6.64. The third-order valence-electron chi connectivity index (χ3n) is 3.55. The van der Waals surface area contributed by atoms with Gasteiger partial charge in [0.15, 0.2) is 0 Å². The van der Waals surface area contributed by atoms with Crippen molar-refractivity contribution >= 4 is 17.4 Å². The Morgan fingerprint density at radius 3 is 2.82 bits per heavy atom. The molecule has 0 aromatic carbocycles. The molecular weight excluding hydrogens is 234 g/mol. The lowest BCUT2D eigenvalue weighted by atomic mass is 9.85. The van der Waals surface area contributed by atoms with Crippen molar-refractivity contribution in [3.8, 4) is 0 Å². The van der Waals surface area contributed by atoms with Gasteiger partial charge in [0.25, 0.3) is 0 Å². The second-order valence-corrected chi connectivity index (χ2v) is 5.08. The molecule has 0 radical (unpaired) electrons. The normalized spacial score (nSPS) is 15.7. The highest BCUT2D eigenvalue weighted by molar-refractivity contribution is 6.31. The van der Waals surface area contributed by atoms with Crippen LogP contribution in [0.3, 0.4) is 0 Å². The lowest BCUT2D eigenvalue weighted by Gasteiger charge is -2.32. The molecule has 17 heavy (non-hydrogen) atoms. The van der Waals surface area contributed by atoms with Crippen LogP contribution in [0.4, 0.5) is 5.82 Å². The maximum atomic E-state index is 6.03. The van der Waals surface area contributed by atoms with Crippen molar-refractivity contribution in [1.29, 1.82) is 0 Å². The maximum absolute atomic E-state index is 6.03. The van der Waals surface area contributed by atoms with E-state index in [1.165, 1.54) is 19.3 Å². The van der Waals surface area contributed by atoms with Crippen molar-refractivity contribution in [3.63, 3.8) is 0 Å². The summed E-state index contributed by atoms with van der Waals surface area (Å²) in [4.78, 5) is 6.73. The van der Waals surface area contributed by atoms with E-state index in [9.17, 15) is 0 Å². The van der Waals surface area contributed by atoms with Crippen LogP contribution in [0, 0.1) is 5.92 Å². The summed E-state index contributed by atoms with van der Waals surface area (Å²) in [6, 6.07) is 2.02. The first-order valence-corrected chi connectivity index (χ1v) is 6.71. The Balaban J connectivity index is 2.11. The molecule has 0 aliphatic heterocycles. The summed E-state index contributed by atoms with van der Waals surface area (Å²) in [7, 11) is 0. The number of nitrogens with zero attached hydrogens (tertiary/aromatic N) is 2. The molecule has 0 saturated heterocycles. The van der Waals surface area contributed by atoms with E-state index in [4.69, 9.17) is 17.3 Å². The van der Waals surface area contributed by atoms with Crippen molar-refractivity contribution < 1.29 is 0 Å². The minimum absolute atomic E-state index is 0.468. The minimum atomic E-state index is 0.468. The van der Waals surface area contributed by atoms with Gasteiger partial charge < -0.3 is 10.6 Å². The molecule has 0 atom stereocenters. The van der Waals surface area contributed by atoms with Gasteiger partial charge in [0.1, 0.15) is 5.82 Å². The van der Waals surface area contributed by atoms with Gasteiger partial charge in [-0.3, -0.25) is 0 Å². The zero-order valence-corrected chi connectivity index (χ0v) is 11.1. The average molecular weight is 254 g/mol. The topological polar surface area (TPSA) is 42.1 Å². The van der Waals surface area contributed by atoms with Gasteiger partial charge in [-0.1, -0.05) is 18.0 Å². The van der Waals surface area contributed by atoms with Gasteiger partial charge >= 0.3 is 0 Å². The van der Waals surface area contributed by atoms with Crippen LogP contribution >= 0.6 is 11.6 Å². The quantitative estimate of drug-likeness (QED) is 0.878. The third-order valence-corrected chi connectivity index (χ3v) is 3.89. The minimum Gasteiger partial charge on any atom is -0.357 e. The molecule has 4 heteroatoms. The number of hydrogen-bond acceptors (Lipinski definition) is 3. The fraction of sp³-hybridized carbons (Fsp3) is 0.615. The zero-order valence-electron chi connectivity index (χ0n) is 10.3. The molecule has 1 aromatic rings. The molecule has 1 fully saturated rings. The molecular formula is C13H20ClN3. The molecule has 1 heterocycles. The SMILES string of the molecule is CCN(CC1CCC1)c1cc(CN)c(Cl)cn1. The first-order valence-electron chi connectivity index (χ1n) is 6.34. The Morgan fingerprint density at radius 1 is 1.53 bits per heavy atom. The molecule has 0 unspecified atom stereocenters. The average Bonchev–Trinajstić information content (AvgIpc) is 2.29. The third kappa shape index (κ3) is 2.90. The van der Waals surface area contributed by atoms with Gasteiger partial charge in [-0.25, -0.2) is 4.98 Å². The second-order valence-electron chi connectivity index (χ2n) is 4.67. The van der Waals surface area contributed by atoms with Crippen LogP contribution in [0.5, 0.6) is 0 Å². The molecule has 1 saturated carbocycles. The van der Waals surface area contributed by atoms with Crippen LogP contribution in [-0.4, -0.2) is 18.1 Å². The van der Waals surface area contributed by atoms with E-state index in [2.05, 4.69) is 16.8 Å². The Labute approximate surface area is 108 Å². The van der Waals surface area contributed by atoms with Crippen LogP contribution in [0.15, 0.2) is 12.3 Å². The van der Waals surface area contributed by atoms with Crippen LogP contribution in [0.2, 0.25) is 5.02 Å². The first kappa shape index (κ1) is 12.7. The number of pyridine rings is 1. The molecule has 3 nitrogen and oxygen atoms in total. The Bertz CT molecular complexity index is 377. The van der Waals surface area contributed by atoms with Gasteiger partial charge in [0, 0.05) is 25.8 Å². The smallest absolute Gasteiger partial charge is 0.128 e. The van der Waals surface area contributed by atoms with Crippen LogP contribution < -0.4 is 10.6 Å². The van der Waals surface area contributed by atoms with Gasteiger partial charge in [0.05, 0.1) is 5.02 Å². The summed E-state index contributed by atoms with van der Waals surface area (Å²) in [6.07, 6.45) is 5.80. The molecule has 1 aromatic heterocycles. The molecule has 2 N–H and O–H groups in total. The Morgan fingerprint density at radius 2 is 2.29 bits per heavy atom. The van der Waals surface area contributed by atoms with Gasteiger partial charge in [0.2, 0.25) is 0 Å². The predicted octanol–water partition coefficient (Wildman–Crippen LogP) is 2.82. The molecule has 1 aliphatic carbocycles. The molecule has 94 valence electrons. The largest absolute Gasteiger partial charge is 0.357 e. The van der Waals surface area contributed by atoms with Gasteiger partial charge in [-0.2, -0.15) is 0 Å². The number of aromatic nitrogens is 1. The maximum Gasteiger partial charge on any atom is 0.128 e.